The zero-order valence-corrected chi connectivity index (χ0v) is 22.2. The predicted molar refractivity (Wildman–Crippen MR) is 119 cm³/mol. The summed E-state index contributed by atoms with van der Waals surface area (Å²) in [5, 5.41) is 19.5. The van der Waals surface area contributed by atoms with Crippen LogP contribution in [0.25, 0.3) is 0 Å². The minimum Gasteiger partial charge on any atom is -0.543 e. The van der Waals surface area contributed by atoms with Gasteiger partial charge in [0.05, 0.1) is 11.7 Å². The van der Waals surface area contributed by atoms with Crippen molar-refractivity contribution in [1.82, 2.24) is 25.2 Å². The first-order chi connectivity index (χ1) is 15.8. The van der Waals surface area contributed by atoms with Gasteiger partial charge >= 0.3 is 29.6 Å². The average molecular weight is 531 g/mol. The molecule has 4 rings (SSSR count). The smallest absolute Gasteiger partial charge is 0.543 e. The third-order valence-corrected chi connectivity index (χ3v) is 7.54. The van der Waals surface area contributed by atoms with E-state index in [0.29, 0.717) is 4.91 Å². The number of amides is 2. The summed E-state index contributed by atoms with van der Waals surface area (Å²) >= 11 is 3.37. The van der Waals surface area contributed by atoms with Crippen LogP contribution in [-0.4, -0.2) is 67.6 Å². The Bertz CT molecular complexity index is 1210. The number of nitrogens with zero attached hydrogens (tertiary/aromatic N) is 5. The number of nitrogens with two attached hydrogens (primary N) is 2. The molecule has 13 nitrogen and oxygen atoms in total. The normalized spacial score (nSPS) is 19.6. The number of fused-ring (bicyclic) bond motifs is 1. The summed E-state index contributed by atoms with van der Waals surface area (Å²) in [4.78, 5) is 55.7. The molecule has 0 saturated carbocycles. The average Bonchev–Trinajstić information content (AvgIpc) is 3.21. The largest absolute Gasteiger partial charge is 1.00 e. The van der Waals surface area contributed by atoms with E-state index in [-0.39, 0.29) is 68.5 Å². The van der Waals surface area contributed by atoms with Crippen LogP contribution >= 0.6 is 34.9 Å². The summed E-state index contributed by atoms with van der Waals surface area (Å²) in [5.74, 6) is -2.39. The van der Waals surface area contributed by atoms with E-state index >= 15 is 0 Å². The number of nitrogen functional groups attached to an aromatic ring is 2. The number of anilines is 2. The number of hydrogen-bond donors (Lipinski definition) is 3. The number of thioether (sulfide) groups is 2. The van der Waals surface area contributed by atoms with Gasteiger partial charge in [0.1, 0.15) is 30.0 Å². The number of hydrogen-bond acceptors (Lipinski definition) is 14. The van der Waals surface area contributed by atoms with Crippen LogP contribution in [0, 0.1) is 0 Å². The van der Waals surface area contributed by atoms with Crippen LogP contribution < -0.4 is 51.4 Å². The molecule has 2 aliphatic rings. The molecule has 2 aromatic heterocycles. The number of carbonyl (C=O) groups excluding carboxylic acids is 3. The van der Waals surface area contributed by atoms with Gasteiger partial charge in [-0.25, -0.2) is 15.0 Å². The van der Waals surface area contributed by atoms with Gasteiger partial charge in [0.25, 0.3) is 11.8 Å². The standard InChI is InChI=1S/C17H16N8O5S3.Na/c1-30-24-9(6-4-32-16(19)21-6)12(26)23-10-13(27)25-11(15(28)29)7(5-31-14(10)25)33-17-20-3-2-8(18)22-17;/h2-4,10,14H,5H2,1H3,(H2,19,21)(H,23,26)(H,28,29)(H2,18,20,22);/q;+1/p-1/b24-9-;/t10?,14-;/m1./s1. The second-order valence-electron chi connectivity index (χ2n) is 6.48. The minimum atomic E-state index is -1.52. The molecule has 172 valence electrons. The van der Waals surface area contributed by atoms with Crippen molar-refractivity contribution in [2.24, 2.45) is 5.16 Å². The predicted octanol–water partition coefficient (Wildman–Crippen LogP) is -4.39. The zero-order chi connectivity index (χ0) is 23.7. The number of β-lactam (4-membered cyclic amide) rings is 1. The monoisotopic (exact) mass is 530 g/mol. The summed E-state index contributed by atoms with van der Waals surface area (Å²) < 4.78 is 0. The molecule has 34 heavy (non-hydrogen) atoms. The van der Waals surface area contributed by atoms with Crippen LogP contribution in [0.4, 0.5) is 10.9 Å². The topological polar surface area (TPSA) is 202 Å². The number of carbonyl (C=O) groups is 3. The Balaban J connectivity index is 0.00000324. The molecule has 0 spiro atoms. The van der Waals surface area contributed by atoms with Crippen molar-refractivity contribution < 1.29 is 53.9 Å². The van der Waals surface area contributed by atoms with Crippen molar-refractivity contribution in [2.75, 3.05) is 24.3 Å². The third-order valence-electron chi connectivity index (χ3n) is 4.44. The molecule has 1 fully saturated rings. The van der Waals surface area contributed by atoms with Gasteiger partial charge in [-0.2, -0.15) is 0 Å². The van der Waals surface area contributed by atoms with Crippen molar-refractivity contribution in [3.63, 3.8) is 0 Å². The molecule has 2 amide bonds. The van der Waals surface area contributed by atoms with E-state index in [4.69, 9.17) is 16.3 Å². The number of nitrogens with one attached hydrogen (secondary N) is 1. The number of thiazole rings is 1. The molecule has 1 unspecified atom stereocenters. The maximum absolute atomic E-state index is 12.8. The quantitative estimate of drug-likeness (QED) is 0.102. The van der Waals surface area contributed by atoms with E-state index in [1.165, 1.54) is 36.5 Å². The van der Waals surface area contributed by atoms with E-state index in [9.17, 15) is 19.5 Å². The van der Waals surface area contributed by atoms with E-state index in [0.717, 1.165) is 28.0 Å². The molecular weight excluding hydrogens is 515 g/mol. The van der Waals surface area contributed by atoms with Crippen LogP contribution in [0.15, 0.2) is 38.6 Å². The van der Waals surface area contributed by atoms with E-state index in [2.05, 4.69) is 25.4 Å². The number of rotatable bonds is 7. The summed E-state index contributed by atoms with van der Waals surface area (Å²) in [6, 6.07) is 0.516. The fourth-order valence-corrected chi connectivity index (χ4v) is 6.02. The maximum atomic E-state index is 12.8. The van der Waals surface area contributed by atoms with Gasteiger partial charge in [-0.3, -0.25) is 14.5 Å². The Labute approximate surface area is 227 Å². The molecule has 0 aliphatic carbocycles. The Hall–Kier alpha value is -2.37. The molecule has 2 aliphatic heterocycles. The molecule has 0 bridgehead atoms. The van der Waals surface area contributed by atoms with E-state index in [1.54, 1.807) is 0 Å². The van der Waals surface area contributed by atoms with Gasteiger partial charge in [-0.1, -0.05) is 16.9 Å². The van der Waals surface area contributed by atoms with Crippen molar-refractivity contribution in [3.8, 4) is 0 Å². The van der Waals surface area contributed by atoms with Crippen molar-refractivity contribution in [3.05, 3.63) is 33.9 Å². The van der Waals surface area contributed by atoms with Crippen molar-refractivity contribution in [2.45, 2.75) is 16.6 Å². The molecule has 5 N–H and O–H groups in total. The number of aromatic nitrogens is 3. The van der Waals surface area contributed by atoms with Crippen LogP contribution in [0.1, 0.15) is 5.69 Å². The SMILES string of the molecule is CO/N=C(\C(=O)NC1C(=O)N2C(C(=O)[O-])=C(Sc3nccc(N)n3)CS[C@H]12)c1csc(N)n1.[Na+]. The van der Waals surface area contributed by atoms with Gasteiger partial charge < -0.3 is 31.5 Å². The fourth-order valence-electron chi connectivity index (χ4n) is 3.07. The Morgan fingerprint density at radius 3 is 2.76 bits per heavy atom. The summed E-state index contributed by atoms with van der Waals surface area (Å²) in [7, 11) is 1.26. The third kappa shape index (κ3) is 5.16. The maximum Gasteiger partial charge on any atom is 1.00 e. The number of oxime groups is 1. The zero-order valence-electron chi connectivity index (χ0n) is 17.8. The van der Waals surface area contributed by atoms with Crippen molar-refractivity contribution >= 4 is 69.3 Å². The Morgan fingerprint density at radius 2 is 2.15 bits per heavy atom. The molecular formula is C17H15N8NaO5S3. The molecule has 0 radical (unpaired) electrons. The van der Waals surface area contributed by atoms with Crippen LogP contribution in [0.3, 0.4) is 0 Å². The van der Waals surface area contributed by atoms with Gasteiger partial charge in [-0.05, 0) is 6.07 Å². The number of aliphatic carboxylic acids is 1. The summed E-state index contributed by atoms with van der Waals surface area (Å²) in [5.41, 5.74) is 11.0. The van der Waals surface area contributed by atoms with Gasteiger partial charge in [-0.15, -0.1) is 23.1 Å². The molecule has 4 heterocycles. The minimum absolute atomic E-state index is 0. The first kappa shape index (κ1) is 26.2. The van der Waals surface area contributed by atoms with Crippen molar-refractivity contribution in [1.29, 1.82) is 0 Å². The Morgan fingerprint density at radius 1 is 1.38 bits per heavy atom. The van der Waals surface area contributed by atoms with Gasteiger partial charge in [0.15, 0.2) is 16.0 Å². The second kappa shape index (κ2) is 10.9. The fraction of sp³-hybridized carbons (Fsp3) is 0.235. The first-order valence-electron chi connectivity index (χ1n) is 9.09. The van der Waals surface area contributed by atoms with Gasteiger partial charge in [0.2, 0.25) is 0 Å². The molecule has 0 aromatic carbocycles. The second-order valence-corrected chi connectivity index (χ2v) is 9.54. The molecule has 1 saturated heterocycles. The Kier molecular flexibility index (Phi) is 8.43. The summed E-state index contributed by atoms with van der Waals surface area (Å²) in [6.45, 7) is 0. The van der Waals surface area contributed by atoms with Crippen LogP contribution in [0.5, 0.6) is 0 Å². The number of carboxylic acid groups (broad SMARTS) is 1. The van der Waals surface area contributed by atoms with Crippen LogP contribution in [-0.2, 0) is 19.2 Å². The van der Waals surface area contributed by atoms with E-state index in [1.807, 2.05) is 0 Å². The first-order valence-corrected chi connectivity index (χ1v) is 11.8. The number of carboxylic acids is 1. The van der Waals surface area contributed by atoms with E-state index < -0.39 is 29.2 Å². The molecule has 17 heteroatoms. The van der Waals surface area contributed by atoms with Crippen LogP contribution in [0.2, 0.25) is 0 Å². The van der Waals surface area contributed by atoms with Gasteiger partial charge in [0, 0.05) is 22.2 Å². The summed E-state index contributed by atoms with van der Waals surface area (Å²) in [6.07, 6.45) is 1.44. The molecule has 2 aromatic rings. The molecule has 2 atom stereocenters.